The number of aliphatic hydroxyl groups is 1. The summed E-state index contributed by atoms with van der Waals surface area (Å²) in [5, 5.41) is 13.5. The number of carbonyl (C=O) groups excluding carboxylic acids is 2. The minimum Gasteiger partial charge on any atom is -0.392 e. The number of nitrogens with zero attached hydrogens (tertiary/aromatic N) is 2. The van der Waals surface area contributed by atoms with Crippen LogP contribution in [-0.2, 0) is 4.79 Å². The summed E-state index contributed by atoms with van der Waals surface area (Å²) < 4.78 is 0. The van der Waals surface area contributed by atoms with Gasteiger partial charge in [0.25, 0.3) is 5.91 Å². The van der Waals surface area contributed by atoms with Crippen molar-refractivity contribution in [1.29, 1.82) is 0 Å². The molecule has 2 heterocycles. The van der Waals surface area contributed by atoms with Gasteiger partial charge in [0.1, 0.15) is 0 Å². The van der Waals surface area contributed by atoms with Crippen LogP contribution in [0, 0.1) is 0 Å². The molecule has 3 aliphatic rings. The highest BCUT2D eigenvalue weighted by molar-refractivity contribution is 5.94. The van der Waals surface area contributed by atoms with Gasteiger partial charge in [-0.1, -0.05) is 37.5 Å². The van der Waals surface area contributed by atoms with E-state index in [1.807, 2.05) is 35.2 Å². The lowest BCUT2D eigenvalue weighted by Crippen LogP contribution is -2.53. The van der Waals surface area contributed by atoms with Crippen molar-refractivity contribution in [1.82, 2.24) is 15.1 Å². The molecule has 1 aromatic carbocycles. The topological polar surface area (TPSA) is 72.9 Å². The first-order valence-corrected chi connectivity index (χ1v) is 11.2. The van der Waals surface area contributed by atoms with Crippen molar-refractivity contribution in [3.8, 4) is 0 Å². The number of rotatable bonds is 4. The van der Waals surface area contributed by atoms with Crippen LogP contribution in [0.5, 0.6) is 0 Å². The Balaban J connectivity index is 1.33. The zero-order valence-electron chi connectivity index (χ0n) is 17.1. The molecule has 2 N–H and O–H groups in total. The highest BCUT2D eigenvalue weighted by Crippen LogP contribution is 2.28. The summed E-state index contributed by atoms with van der Waals surface area (Å²) >= 11 is 0. The van der Waals surface area contributed by atoms with Crippen LogP contribution in [0.25, 0.3) is 0 Å². The van der Waals surface area contributed by atoms with Crippen LogP contribution in [-0.4, -0.2) is 70.6 Å². The van der Waals surface area contributed by atoms with E-state index < -0.39 is 6.10 Å². The van der Waals surface area contributed by atoms with Gasteiger partial charge in [0.05, 0.1) is 12.1 Å². The molecule has 6 heteroatoms. The van der Waals surface area contributed by atoms with E-state index >= 15 is 0 Å². The summed E-state index contributed by atoms with van der Waals surface area (Å²) in [6, 6.07) is 9.71. The molecule has 3 fully saturated rings. The molecule has 0 unspecified atom stereocenters. The van der Waals surface area contributed by atoms with Gasteiger partial charge in [0.2, 0.25) is 5.91 Å². The number of β-amino-alcohol motifs (C(OH)–C–C–N with tert-alkyl or cyclic N) is 1. The quantitative estimate of drug-likeness (QED) is 0.814. The lowest BCUT2D eigenvalue weighted by atomic mass is 9.95. The highest BCUT2D eigenvalue weighted by Gasteiger charge is 2.41. The molecule has 4 rings (SSSR count). The number of nitrogens with one attached hydrogen (secondary N) is 1. The molecule has 2 aliphatic heterocycles. The van der Waals surface area contributed by atoms with Gasteiger partial charge < -0.3 is 15.3 Å². The number of hydrogen-bond acceptors (Lipinski definition) is 4. The second-order valence-corrected chi connectivity index (χ2v) is 8.84. The number of likely N-dealkylation sites (tertiary alicyclic amines) is 2. The molecular formula is C23H33N3O3. The molecule has 29 heavy (non-hydrogen) atoms. The van der Waals surface area contributed by atoms with E-state index in [0.717, 1.165) is 31.2 Å². The second-order valence-electron chi connectivity index (χ2n) is 8.84. The number of hydrogen-bond donors (Lipinski definition) is 2. The van der Waals surface area contributed by atoms with Crippen LogP contribution in [0.4, 0.5) is 0 Å². The third kappa shape index (κ3) is 4.81. The van der Waals surface area contributed by atoms with Gasteiger partial charge >= 0.3 is 0 Å². The van der Waals surface area contributed by atoms with Crippen molar-refractivity contribution in [3.05, 3.63) is 35.9 Å². The fraction of sp³-hybridized carbons (Fsp3) is 0.652. The Morgan fingerprint density at radius 2 is 1.66 bits per heavy atom. The molecule has 2 saturated heterocycles. The molecule has 1 aromatic rings. The molecule has 158 valence electrons. The summed E-state index contributed by atoms with van der Waals surface area (Å²) in [4.78, 5) is 29.7. The van der Waals surface area contributed by atoms with Crippen molar-refractivity contribution >= 4 is 11.8 Å². The predicted molar refractivity (Wildman–Crippen MR) is 112 cm³/mol. The highest BCUT2D eigenvalue weighted by atomic mass is 16.3. The molecule has 2 amide bonds. The lowest BCUT2D eigenvalue weighted by Gasteiger charge is -2.39. The SMILES string of the molecule is O=C(NC1CCCCC1)[C@@H]1C[C@@H](O)CN1C1CCN(C(=O)c2ccccc2)CC1. The second kappa shape index (κ2) is 9.26. The van der Waals surface area contributed by atoms with Crippen molar-refractivity contribution in [2.24, 2.45) is 0 Å². The average Bonchev–Trinajstić information content (AvgIpc) is 3.16. The van der Waals surface area contributed by atoms with Gasteiger partial charge in [-0.2, -0.15) is 0 Å². The van der Waals surface area contributed by atoms with E-state index in [1.165, 1.54) is 19.3 Å². The molecule has 0 radical (unpaired) electrons. The van der Waals surface area contributed by atoms with Crippen LogP contribution in [0.1, 0.15) is 61.7 Å². The van der Waals surface area contributed by atoms with Crippen LogP contribution >= 0.6 is 0 Å². The Morgan fingerprint density at radius 3 is 2.34 bits per heavy atom. The van der Waals surface area contributed by atoms with E-state index in [0.29, 0.717) is 32.1 Å². The Labute approximate surface area is 173 Å². The van der Waals surface area contributed by atoms with E-state index in [2.05, 4.69) is 10.2 Å². The van der Waals surface area contributed by atoms with E-state index in [4.69, 9.17) is 0 Å². The normalized spacial score (nSPS) is 27.1. The molecular weight excluding hydrogens is 366 g/mol. The first-order valence-electron chi connectivity index (χ1n) is 11.2. The zero-order chi connectivity index (χ0) is 20.2. The lowest BCUT2D eigenvalue weighted by molar-refractivity contribution is -0.127. The first-order chi connectivity index (χ1) is 14.1. The fourth-order valence-corrected chi connectivity index (χ4v) is 5.21. The standard InChI is InChI=1S/C23H33N3O3/c27-20-15-21(22(28)24-18-9-5-2-6-10-18)26(16-20)19-11-13-25(14-12-19)23(29)17-7-3-1-4-8-17/h1,3-4,7-8,18-21,27H,2,5-6,9-16H2,(H,24,28)/t20-,21+/m1/s1. The summed E-state index contributed by atoms with van der Waals surface area (Å²) in [5.41, 5.74) is 0.729. The predicted octanol–water partition coefficient (Wildman–Crippen LogP) is 2.18. The van der Waals surface area contributed by atoms with Crippen LogP contribution < -0.4 is 5.32 Å². The van der Waals surface area contributed by atoms with E-state index in [-0.39, 0.29) is 23.9 Å². The average molecular weight is 400 g/mol. The van der Waals surface area contributed by atoms with Crippen molar-refractivity contribution in [2.75, 3.05) is 19.6 Å². The number of aliphatic hydroxyl groups excluding tert-OH is 1. The Hall–Kier alpha value is -1.92. The van der Waals surface area contributed by atoms with Gasteiger partial charge in [-0.05, 0) is 44.2 Å². The third-order valence-electron chi connectivity index (χ3n) is 6.81. The Kier molecular flexibility index (Phi) is 6.50. The van der Waals surface area contributed by atoms with Gasteiger partial charge in [-0.25, -0.2) is 0 Å². The van der Waals surface area contributed by atoms with E-state index in [1.54, 1.807) is 0 Å². The van der Waals surface area contributed by atoms with Gasteiger partial charge in [0.15, 0.2) is 0 Å². The number of carbonyl (C=O) groups is 2. The third-order valence-corrected chi connectivity index (χ3v) is 6.81. The van der Waals surface area contributed by atoms with Crippen molar-refractivity contribution in [2.45, 2.75) is 75.6 Å². The zero-order valence-corrected chi connectivity index (χ0v) is 17.1. The number of amides is 2. The smallest absolute Gasteiger partial charge is 0.253 e. The Bertz CT molecular complexity index is 697. The molecule has 0 aromatic heterocycles. The van der Waals surface area contributed by atoms with Crippen LogP contribution in [0.2, 0.25) is 0 Å². The summed E-state index contributed by atoms with van der Waals surface area (Å²) in [7, 11) is 0. The molecule has 0 bridgehead atoms. The van der Waals surface area contributed by atoms with Crippen molar-refractivity contribution in [3.63, 3.8) is 0 Å². The van der Waals surface area contributed by atoms with Crippen molar-refractivity contribution < 1.29 is 14.7 Å². The maximum Gasteiger partial charge on any atom is 0.253 e. The first kappa shape index (κ1) is 20.4. The van der Waals surface area contributed by atoms with Crippen LogP contribution in [0.3, 0.4) is 0 Å². The number of piperidine rings is 1. The maximum atomic E-state index is 12.9. The Morgan fingerprint density at radius 1 is 0.966 bits per heavy atom. The molecule has 1 saturated carbocycles. The van der Waals surface area contributed by atoms with Crippen LogP contribution in [0.15, 0.2) is 30.3 Å². The summed E-state index contributed by atoms with van der Waals surface area (Å²) in [6.45, 7) is 1.95. The molecule has 0 spiro atoms. The molecule has 2 atom stereocenters. The molecule has 1 aliphatic carbocycles. The molecule has 6 nitrogen and oxygen atoms in total. The van der Waals surface area contributed by atoms with Gasteiger partial charge in [-0.15, -0.1) is 0 Å². The maximum absolute atomic E-state index is 12.9. The van der Waals surface area contributed by atoms with Gasteiger partial charge in [-0.3, -0.25) is 14.5 Å². The monoisotopic (exact) mass is 399 g/mol. The minimum atomic E-state index is -0.443. The largest absolute Gasteiger partial charge is 0.392 e. The fourth-order valence-electron chi connectivity index (χ4n) is 5.21. The number of benzene rings is 1. The summed E-state index contributed by atoms with van der Waals surface area (Å²) in [6.07, 6.45) is 7.55. The minimum absolute atomic E-state index is 0.0799. The van der Waals surface area contributed by atoms with E-state index in [9.17, 15) is 14.7 Å². The summed E-state index contributed by atoms with van der Waals surface area (Å²) in [5.74, 6) is 0.160. The van der Waals surface area contributed by atoms with Gasteiger partial charge in [0, 0.05) is 37.3 Å².